The van der Waals surface area contributed by atoms with Crippen molar-refractivity contribution in [3.05, 3.63) is 18.4 Å². The molecule has 0 amide bonds. The Morgan fingerprint density at radius 1 is 1.33 bits per heavy atom. The lowest BCUT2D eigenvalue weighted by Crippen LogP contribution is -2.26. The lowest BCUT2D eigenvalue weighted by Gasteiger charge is -2.17. The number of likely N-dealkylation sites (tertiary alicyclic amines) is 2. The van der Waals surface area contributed by atoms with Gasteiger partial charge in [0.05, 0.1) is 5.69 Å². The molecule has 0 radical (unpaired) electrons. The van der Waals surface area contributed by atoms with Gasteiger partial charge in [-0.3, -0.25) is 4.90 Å². The van der Waals surface area contributed by atoms with E-state index < -0.39 is 0 Å². The Labute approximate surface area is 89.9 Å². The molecule has 2 unspecified atom stereocenters. The predicted molar refractivity (Wildman–Crippen MR) is 56.3 cm³/mol. The average Bonchev–Trinajstić information content (AvgIpc) is 2.81. The molecule has 0 aromatic carbocycles. The highest BCUT2D eigenvalue weighted by molar-refractivity contribution is 4.96. The lowest BCUT2D eigenvalue weighted by molar-refractivity contribution is 0.269. The van der Waals surface area contributed by atoms with Crippen LogP contribution in [0.3, 0.4) is 0 Å². The zero-order chi connectivity index (χ0) is 10.3. The molecular formula is C11H17N3O. The summed E-state index contributed by atoms with van der Waals surface area (Å²) in [5.74, 6) is 1.75. The number of aromatic nitrogens is 1. The molecular weight excluding hydrogens is 190 g/mol. The summed E-state index contributed by atoms with van der Waals surface area (Å²) in [6, 6.07) is 0. The van der Waals surface area contributed by atoms with Gasteiger partial charge in [-0.2, -0.15) is 0 Å². The SMILES string of the molecule is CN1CC2CN(Cc3cocn3)CC2C1. The third-order valence-corrected chi connectivity index (χ3v) is 3.61. The molecule has 2 saturated heterocycles. The Morgan fingerprint density at radius 3 is 2.67 bits per heavy atom. The Balaban J connectivity index is 1.59. The van der Waals surface area contributed by atoms with E-state index in [1.807, 2.05) is 0 Å². The molecule has 2 aliphatic rings. The smallest absolute Gasteiger partial charge is 0.180 e. The van der Waals surface area contributed by atoms with Crippen molar-refractivity contribution >= 4 is 0 Å². The summed E-state index contributed by atoms with van der Waals surface area (Å²) in [6.45, 7) is 5.93. The van der Waals surface area contributed by atoms with Crippen LogP contribution in [-0.2, 0) is 6.54 Å². The summed E-state index contributed by atoms with van der Waals surface area (Å²) in [5.41, 5.74) is 1.06. The molecule has 0 N–H and O–H groups in total. The minimum absolute atomic E-state index is 0.877. The number of nitrogens with zero attached hydrogens (tertiary/aromatic N) is 3. The van der Waals surface area contributed by atoms with Crippen LogP contribution in [0.2, 0.25) is 0 Å². The third kappa shape index (κ3) is 1.79. The van der Waals surface area contributed by atoms with Gasteiger partial charge in [-0.05, 0) is 18.9 Å². The molecule has 0 saturated carbocycles. The number of hydrogen-bond donors (Lipinski definition) is 0. The summed E-state index contributed by atoms with van der Waals surface area (Å²) >= 11 is 0. The van der Waals surface area contributed by atoms with E-state index in [0.717, 1.165) is 24.1 Å². The van der Waals surface area contributed by atoms with Crippen molar-refractivity contribution < 1.29 is 4.42 Å². The van der Waals surface area contributed by atoms with E-state index in [1.54, 1.807) is 6.26 Å². The molecule has 15 heavy (non-hydrogen) atoms. The van der Waals surface area contributed by atoms with Crippen molar-refractivity contribution in [1.29, 1.82) is 0 Å². The minimum atomic E-state index is 0.877. The van der Waals surface area contributed by atoms with Crippen molar-refractivity contribution in [1.82, 2.24) is 14.8 Å². The largest absolute Gasteiger partial charge is 0.451 e. The average molecular weight is 207 g/mol. The second-order valence-electron chi connectivity index (χ2n) is 4.92. The number of fused-ring (bicyclic) bond motifs is 1. The van der Waals surface area contributed by atoms with Gasteiger partial charge in [-0.15, -0.1) is 0 Å². The fourth-order valence-electron chi connectivity index (χ4n) is 3.00. The van der Waals surface area contributed by atoms with Gasteiger partial charge in [0.2, 0.25) is 0 Å². The van der Waals surface area contributed by atoms with E-state index in [2.05, 4.69) is 21.8 Å². The second-order valence-corrected chi connectivity index (χ2v) is 4.92. The lowest BCUT2D eigenvalue weighted by atomic mass is 10.0. The summed E-state index contributed by atoms with van der Waals surface area (Å²) in [5, 5.41) is 0. The highest BCUT2D eigenvalue weighted by Gasteiger charge is 2.38. The van der Waals surface area contributed by atoms with Crippen LogP contribution in [0.15, 0.2) is 17.1 Å². The first-order valence-corrected chi connectivity index (χ1v) is 5.59. The van der Waals surface area contributed by atoms with Gasteiger partial charge in [0.15, 0.2) is 6.39 Å². The predicted octanol–water partition coefficient (Wildman–Crippen LogP) is 0.668. The van der Waals surface area contributed by atoms with E-state index in [4.69, 9.17) is 4.42 Å². The molecule has 0 bridgehead atoms. The highest BCUT2D eigenvalue weighted by Crippen LogP contribution is 2.30. The van der Waals surface area contributed by atoms with Gasteiger partial charge in [0.25, 0.3) is 0 Å². The van der Waals surface area contributed by atoms with Crippen molar-refractivity contribution in [2.45, 2.75) is 6.54 Å². The number of hydrogen-bond acceptors (Lipinski definition) is 4. The second kappa shape index (κ2) is 3.61. The molecule has 1 aromatic rings. The maximum Gasteiger partial charge on any atom is 0.180 e. The zero-order valence-corrected chi connectivity index (χ0v) is 9.09. The molecule has 0 aliphatic carbocycles. The highest BCUT2D eigenvalue weighted by atomic mass is 16.3. The van der Waals surface area contributed by atoms with Gasteiger partial charge in [-0.25, -0.2) is 4.98 Å². The first-order chi connectivity index (χ1) is 7.31. The molecule has 1 aromatic heterocycles. The molecule has 4 heteroatoms. The Bertz CT molecular complexity index is 311. The van der Waals surface area contributed by atoms with Crippen LogP contribution in [0.1, 0.15) is 5.69 Å². The zero-order valence-electron chi connectivity index (χ0n) is 9.09. The van der Waals surface area contributed by atoms with Crippen LogP contribution < -0.4 is 0 Å². The van der Waals surface area contributed by atoms with Crippen LogP contribution in [-0.4, -0.2) is 48.0 Å². The van der Waals surface area contributed by atoms with Gasteiger partial charge < -0.3 is 9.32 Å². The molecule has 4 nitrogen and oxygen atoms in total. The van der Waals surface area contributed by atoms with Crippen molar-refractivity contribution in [2.75, 3.05) is 33.2 Å². The molecule has 3 heterocycles. The molecule has 0 spiro atoms. The van der Waals surface area contributed by atoms with Gasteiger partial charge in [-0.1, -0.05) is 0 Å². The summed E-state index contributed by atoms with van der Waals surface area (Å²) in [7, 11) is 2.22. The number of rotatable bonds is 2. The van der Waals surface area contributed by atoms with Crippen molar-refractivity contribution in [3.63, 3.8) is 0 Å². The fourth-order valence-corrected chi connectivity index (χ4v) is 3.00. The van der Waals surface area contributed by atoms with Gasteiger partial charge in [0.1, 0.15) is 6.26 Å². The normalized spacial score (nSPS) is 32.3. The van der Waals surface area contributed by atoms with Crippen molar-refractivity contribution in [3.8, 4) is 0 Å². The minimum Gasteiger partial charge on any atom is -0.451 e. The fraction of sp³-hybridized carbons (Fsp3) is 0.727. The van der Waals surface area contributed by atoms with Crippen LogP contribution in [0.4, 0.5) is 0 Å². The molecule has 2 atom stereocenters. The standard InChI is InChI=1S/C11H17N3O/c1-13-2-9-4-14(5-10(9)3-13)6-11-7-15-8-12-11/h7-10H,2-6H2,1H3. The maximum atomic E-state index is 4.99. The quantitative estimate of drug-likeness (QED) is 0.713. The Hall–Kier alpha value is -0.870. The molecule has 3 rings (SSSR count). The summed E-state index contributed by atoms with van der Waals surface area (Å²) < 4.78 is 4.99. The van der Waals surface area contributed by atoms with E-state index in [9.17, 15) is 0 Å². The van der Waals surface area contributed by atoms with E-state index in [1.165, 1.54) is 32.6 Å². The van der Waals surface area contributed by atoms with Crippen LogP contribution in [0.25, 0.3) is 0 Å². The van der Waals surface area contributed by atoms with Crippen LogP contribution >= 0.6 is 0 Å². The summed E-state index contributed by atoms with van der Waals surface area (Å²) in [4.78, 5) is 9.12. The maximum absolute atomic E-state index is 4.99. The topological polar surface area (TPSA) is 32.5 Å². The van der Waals surface area contributed by atoms with Gasteiger partial charge >= 0.3 is 0 Å². The van der Waals surface area contributed by atoms with E-state index in [-0.39, 0.29) is 0 Å². The third-order valence-electron chi connectivity index (χ3n) is 3.61. The van der Waals surface area contributed by atoms with E-state index >= 15 is 0 Å². The summed E-state index contributed by atoms with van der Waals surface area (Å²) in [6.07, 6.45) is 3.26. The van der Waals surface area contributed by atoms with E-state index in [0.29, 0.717) is 0 Å². The monoisotopic (exact) mass is 207 g/mol. The number of oxazole rings is 1. The Morgan fingerprint density at radius 2 is 2.07 bits per heavy atom. The first kappa shape index (κ1) is 9.36. The first-order valence-electron chi connectivity index (χ1n) is 5.59. The van der Waals surface area contributed by atoms with Crippen molar-refractivity contribution in [2.24, 2.45) is 11.8 Å². The Kier molecular flexibility index (Phi) is 2.25. The van der Waals surface area contributed by atoms with Gasteiger partial charge in [0, 0.05) is 32.7 Å². The molecule has 82 valence electrons. The molecule has 2 fully saturated rings. The van der Waals surface area contributed by atoms with Crippen LogP contribution in [0, 0.1) is 11.8 Å². The van der Waals surface area contributed by atoms with Crippen LogP contribution in [0.5, 0.6) is 0 Å². The molecule has 2 aliphatic heterocycles.